The van der Waals surface area contributed by atoms with Crippen LogP contribution in [-0.2, 0) is 4.79 Å². The van der Waals surface area contributed by atoms with Gasteiger partial charge in [0.25, 0.3) is 0 Å². The molecule has 0 aliphatic carbocycles. The fraction of sp³-hybridized carbons (Fsp3) is 0.400. The van der Waals surface area contributed by atoms with Crippen LogP contribution in [0.25, 0.3) is 0 Å². The molecule has 15 heavy (non-hydrogen) atoms. The van der Waals surface area contributed by atoms with E-state index in [9.17, 15) is 4.79 Å². The summed E-state index contributed by atoms with van der Waals surface area (Å²) in [6, 6.07) is 3.76. The number of likely N-dealkylation sites (N-methyl/N-ethyl adjacent to an activating group) is 2. The minimum Gasteiger partial charge on any atom is -0.373 e. The summed E-state index contributed by atoms with van der Waals surface area (Å²) in [6.07, 6.45) is 1.71. The molecule has 0 spiro atoms. The topological polar surface area (TPSA) is 57.3 Å². The molecular weight excluding hydrogens is 192 g/mol. The molecule has 0 saturated carbocycles. The Morgan fingerprint density at radius 1 is 1.53 bits per heavy atom. The van der Waals surface area contributed by atoms with Gasteiger partial charge in [-0.25, -0.2) is 4.98 Å². The Labute approximate surface area is 89.5 Å². The van der Waals surface area contributed by atoms with E-state index < -0.39 is 0 Å². The molecule has 1 heterocycles. The van der Waals surface area contributed by atoms with Crippen LogP contribution < -0.4 is 15.5 Å². The van der Waals surface area contributed by atoms with Crippen molar-refractivity contribution in [2.45, 2.75) is 0 Å². The number of hydrogen-bond donors (Lipinski definition) is 2. The summed E-state index contributed by atoms with van der Waals surface area (Å²) in [5.41, 5.74) is 0.956. The molecule has 5 nitrogen and oxygen atoms in total. The Balaban J connectivity index is 2.72. The third-order valence-corrected chi connectivity index (χ3v) is 2.10. The van der Waals surface area contributed by atoms with Gasteiger partial charge in [0, 0.05) is 39.1 Å². The van der Waals surface area contributed by atoms with Gasteiger partial charge in [-0.1, -0.05) is 0 Å². The van der Waals surface area contributed by atoms with E-state index in [0.29, 0.717) is 6.54 Å². The second-order valence-corrected chi connectivity index (χ2v) is 3.18. The van der Waals surface area contributed by atoms with Crippen molar-refractivity contribution in [3.05, 3.63) is 18.3 Å². The molecule has 0 aliphatic rings. The zero-order valence-corrected chi connectivity index (χ0v) is 9.24. The number of pyridine rings is 1. The van der Waals surface area contributed by atoms with Crippen molar-refractivity contribution >= 4 is 17.4 Å². The number of nitrogens with one attached hydrogen (secondary N) is 2. The van der Waals surface area contributed by atoms with Crippen molar-refractivity contribution in [2.24, 2.45) is 0 Å². The van der Waals surface area contributed by atoms with Gasteiger partial charge in [0.1, 0.15) is 5.82 Å². The van der Waals surface area contributed by atoms with Crippen molar-refractivity contribution in [3.8, 4) is 0 Å². The van der Waals surface area contributed by atoms with E-state index in [1.165, 1.54) is 0 Å². The van der Waals surface area contributed by atoms with Crippen molar-refractivity contribution in [1.29, 1.82) is 0 Å². The lowest BCUT2D eigenvalue weighted by atomic mass is 10.3. The molecule has 5 heteroatoms. The van der Waals surface area contributed by atoms with E-state index in [0.717, 1.165) is 11.5 Å². The fourth-order valence-electron chi connectivity index (χ4n) is 1.18. The van der Waals surface area contributed by atoms with Crippen molar-refractivity contribution in [3.63, 3.8) is 0 Å². The van der Waals surface area contributed by atoms with Crippen molar-refractivity contribution in [2.75, 3.05) is 37.9 Å². The first-order valence-electron chi connectivity index (χ1n) is 4.73. The Morgan fingerprint density at radius 2 is 2.27 bits per heavy atom. The summed E-state index contributed by atoms with van der Waals surface area (Å²) in [5, 5.41) is 5.53. The van der Waals surface area contributed by atoms with Crippen LogP contribution >= 0.6 is 0 Å². The van der Waals surface area contributed by atoms with Crippen LogP contribution in [0.1, 0.15) is 0 Å². The smallest absolute Gasteiger partial charge is 0.239 e. The predicted molar refractivity (Wildman–Crippen MR) is 61.1 cm³/mol. The monoisotopic (exact) mass is 208 g/mol. The lowest BCUT2D eigenvalue weighted by molar-refractivity contribution is -0.119. The van der Waals surface area contributed by atoms with Gasteiger partial charge in [0.05, 0.1) is 6.54 Å². The molecule has 0 atom stereocenters. The SMILES string of the molecule is CNC(=O)CN(C)c1ccnc(NC)c1. The minimum atomic E-state index is -0.0136. The van der Waals surface area contributed by atoms with E-state index >= 15 is 0 Å². The first-order chi connectivity index (χ1) is 7.17. The molecule has 0 aliphatic heterocycles. The van der Waals surface area contributed by atoms with Gasteiger partial charge >= 0.3 is 0 Å². The summed E-state index contributed by atoms with van der Waals surface area (Å²) >= 11 is 0. The second-order valence-electron chi connectivity index (χ2n) is 3.18. The number of carbonyl (C=O) groups is 1. The normalized spacial score (nSPS) is 9.53. The van der Waals surface area contributed by atoms with Gasteiger partial charge in [-0.15, -0.1) is 0 Å². The Kier molecular flexibility index (Phi) is 3.91. The number of hydrogen-bond acceptors (Lipinski definition) is 4. The van der Waals surface area contributed by atoms with Crippen molar-refractivity contribution < 1.29 is 4.79 Å². The van der Waals surface area contributed by atoms with E-state index in [2.05, 4.69) is 15.6 Å². The Bertz CT molecular complexity index is 340. The molecule has 1 amide bonds. The van der Waals surface area contributed by atoms with Gasteiger partial charge in [0.2, 0.25) is 5.91 Å². The van der Waals surface area contributed by atoms with Gasteiger partial charge < -0.3 is 15.5 Å². The molecule has 0 saturated heterocycles. The number of amides is 1. The molecule has 0 fully saturated rings. The van der Waals surface area contributed by atoms with E-state index in [1.807, 2.05) is 31.1 Å². The van der Waals surface area contributed by atoms with E-state index in [4.69, 9.17) is 0 Å². The second kappa shape index (κ2) is 5.19. The lowest BCUT2D eigenvalue weighted by Gasteiger charge is -2.18. The molecular formula is C10H16N4O. The van der Waals surface area contributed by atoms with Gasteiger partial charge in [-0.05, 0) is 6.07 Å². The van der Waals surface area contributed by atoms with Crippen LogP contribution in [0.4, 0.5) is 11.5 Å². The molecule has 2 N–H and O–H groups in total. The van der Waals surface area contributed by atoms with Gasteiger partial charge in [-0.3, -0.25) is 4.79 Å². The van der Waals surface area contributed by atoms with Crippen LogP contribution in [0, 0.1) is 0 Å². The number of rotatable bonds is 4. The third kappa shape index (κ3) is 3.12. The van der Waals surface area contributed by atoms with Crippen molar-refractivity contribution in [1.82, 2.24) is 10.3 Å². The lowest BCUT2D eigenvalue weighted by Crippen LogP contribution is -2.32. The van der Waals surface area contributed by atoms with Crippen LogP contribution in [0.5, 0.6) is 0 Å². The number of anilines is 2. The summed E-state index contributed by atoms with van der Waals surface area (Å²) in [5.74, 6) is 0.775. The minimum absolute atomic E-state index is 0.0136. The van der Waals surface area contributed by atoms with E-state index in [-0.39, 0.29) is 5.91 Å². The molecule has 1 aromatic rings. The van der Waals surface area contributed by atoms with Gasteiger partial charge in [-0.2, -0.15) is 0 Å². The Hall–Kier alpha value is -1.78. The molecule has 0 unspecified atom stereocenters. The highest BCUT2D eigenvalue weighted by Gasteiger charge is 2.06. The molecule has 0 radical (unpaired) electrons. The zero-order chi connectivity index (χ0) is 11.3. The summed E-state index contributed by atoms with van der Waals surface area (Å²) < 4.78 is 0. The first kappa shape index (κ1) is 11.3. The maximum Gasteiger partial charge on any atom is 0.239 e. The van der Waals surface area contributed by atoms with Crippen LogP contribution in [0.2, 0.25) is 0 Å². The summed E-state index contributed by atoms with van der Waals surface area (Å²) in [4.78, 5) is 17.1. The number of aromatic nitrogens is 1. The molecule has 1 rings (SSSR count). The summed E-state index contributed by atoms with van der Waals surface area (Å²) in [7, 11) is 5.30. The number of carbonyl (C=O) groups excluding carboxylic acids is 1. The highest BCUT2D eigenvalue weighted by atomic mass is 16.1. The molecule has 0 aromatic carbocycles. The summed E-state index contributed by atoms with van der Waals surface area (Å²) in [6.45, 7) is 0.337. The predicted octanol–water partition coefficient (Wildman–Crippen LogP) is 0.305. The van der Waals surface area contributed by atoms with E-state index in [1.54, 1.807) is 13.2 Å². The third-order valence-electron chi connectivity index (χ3n) is 2.10. The molecule has 0 bridgehead atoms. The van der Waals surface area contributed by atoms with Gasteiger partial charge in [0.15, 0.2) is 0 Å². The maximum atomic E-state index is 11.2. The molecule has 82 valence electrons. The average Bonchev–Trinajstić information content (AvgIpc) is 2.28. The Morgan fingerprint density at radius 3 is 2.87 bits per heavy atom. The highest BCUT2D eigenvalue weighted by molar-refractivity contribution is 5.81. The maximum absolute atomic E-state index is 11.2. The largest absolute Gasteiger partial charge is 0.373 e. The average molecular weight is 208 g/mol. The van der Waals surface area contributed by atoms with Crippen LogP contribution in [-0.4, -0.2) is 38.6 Å². The van der Waals surface area contributed by atoms with Crippen LogP contribution in [0.15, 0.2) is 18.3 Å². The van der Waals surface area contributed by atoms with Crippen LogP contribution in [0.3, 0.4) is 0 Å². The standard InChI is InChI=1S/C10H16N4O/c1-11-9-6-8(4-5-13-9)14(3)7-10(15)12-2/h4-6H,7H2,1-3H3,(H,11,13)(H,12,15). The zero-order valence-electron chi connectivity index (χ0n) is 9.24. The highest BCUT2D eigenvalue weighted by Crippen LogP contribution is 2.14. The first-order valence-corrected chi connectivity index (χ1v) is 4.73. The quantitative estimate of drug-likeness (QED) is 0.747. The molecule has 1 aromatic heterocycles. The fourth-order valence-corrected chi connectivity index (χ4v) is 1.18. The number of nitrogens with zero attached hydrogens (tertiary/aromatic N) is 2.